The van der Waals surface area contributed by atoms with Crippen molar-refractivity contribution in [1.29, 1.82) is 0 Å². The minimum absolute atomic E-state index is 0.784. The Morgan fingerprint density at radius 1 is 1.50 bits per heavy atom. The molecule has 0 aromatic carbocycles. The molecule has 0 spiro atoms. The summed E-state index contributed by atoms with van der Waals surface area (Å²) in [6.45, 7) is 7.59. The van der Waals surface area contributed by atoms with Crippen LogP contribution in [0.15, 0.2) is 6.33 Å². The van der Waals surface area contributed by atoms with E-state index in [0.717, 1.165) is 37.8 Å². The van der Waals surface area contributed by atoms with Crippen LogP contribution in [0.1, 0.15) is 32.0 Å². The summed E-state index contributed by atoms with van der Waals surface area (Å²) in [5.41, 5.74) is 0. The lowest BCUT2D eigenvalue weighted by molar-refractivity contribution is 0.161. The third-order valence-corrected chi connectivity index (χ3v) is 3.59. The van der Waals surface area contributed by atoms with Gasteiger partial charge in [-0.15, -0.1) is 0 Å². The normalized spacial score (nSPS) is 21.3. The second-order valence-corrected chi connectivity index (χ2v) is 5.20. The number of rotatable bonds is 6. The molecule has 2 rings (SSSR count). The fourth-order valence-electron chi connectivity index (χ4n) is 2.76. The molecule has 18 heavy (non-hydrogen) atoms. The monoisotopic (exact) mass is 251 g/mol. The van der Waals surface area contributed by atoms with Gasteiger partial charge in [0.15, 0.2) is 0 Å². The van der Waals surface area contributed by atoms with E-state index in [4.69, 9.17) is 0 Å². The lowest BCUT2D eigenvalue weighted by atomic mass is 9.98. The van der Waals surface area contributed by atoms with Crippen LogP contribution in [0.2, 0.25) is 0 Å². The molecule has 0 aliphatic carbocycles. The van der Waals surface area contributed by atoms with Gasteiger partial charge < -0.3 is 5.32 Å². The Bertz CT molecular complexity index is 347. The molecular weight excluding hydrogens is 226 g/mol. The average Bonchev–Trinajstić information content (AvgIpc) is 2.78. The molecular formula is C13H25N5. The van der Waals surface area contributed by atoms with E-state index in [1.165, 1.54) is 25.9 Å². The minimum Gasteiger partial charge on any atom is -0.319 e. The van der Waals surface area contributed by atoms with Crippen LogP contribution in [0.25, 0.3) is 0 Å². The highest BCUT2D eigenvalue weighted by Crippen LogP contribution is 2.17. The third kappa shape index (κ3) is 3.53. The maximum atomic E-state index is 4.39. The first kappa shape index (κ1) is 13.5. The molecule has 1 aromatic rings. The first-order chi connectivity index (χ1) is 8.83. The second-order valence-electron chi connectivity index (χ2n) is 5.20. The molecule has 1 aromatic heterocycles. The summed E-state index contributed by atoms with van der Waals surface area (Å²) >= 11 is 0. The summed E-state index contributed by atoms with van der Waals surface area (Å²) in [4.78, 5) is 6.91. The summed E-state index contributed by atoms with van der Waals surface area (Å²) in [6.07, 6.45) is 5.44. The lowest BCUT2D eigenvalue weighted by Gasteiger charge is -2.32. The molecule has 1 unspecified atom stereocenters. The zero-order valence-electron chi connectivity index (χ0n) is 11.6. The van der Waals surface area contributed by atoms with Crippen LogP contribution in [0.3, 0.4) is 0 Å². The number of aromatic nitrogens is 3. The Balaban J connectivity index is 1.89. The Kier molecular flexibility index (Phi) is 5.13. The van der Waals surface area contributed by atoms with E-state index < -0.39 is 0 Å². The van der Waals surface area contributed by atoms with Gasteiger partial charge in [-0.2, -0.15) is 5.10 Å². The van der Waals surface area contributed by atoms with Crippen molar-refractivity contribution in [3.05, 3.63) is 12.2 Å². The van der Waals surface area contributed by atoms with E-state index in [-0.39, 0.29) is 0 Å². The molecule has 0 bridgehead atoms. The van der Waals surface area contributed by atoms with Crippen molar-refractivity contribution in [2.75, 3.05) is 26.7 Å². The minimum atomic E-state index is 0.784. The summed E-state index contributed by atoms with van der Waals surface area (Å²) in [7, 11) is 2.04. The van der Waals surface area contributed by atoms with Gasteiger partial charge in [0.1, 0.15) is 12.2 Å². The van der Waals surface area contributed by atoms with Crippen molar-refractivity contribution < 1.29 is 0 Å². The highest BCUT2D eigenvalue weighted by atomic mass is 15.3. The van der Waals surface area contributed by atoms with Crippen molar-refractivity contribution in [2.24, 2.45) is 5.92 Å². The SMILES string of the molecule is CCCn1ncnc1CN1CCCC(CNC)C1. The molecule has 0 radical (unpaired) electrons. The van der Waals surface area contributed by atoms with Gasteiger partial charge in [-0.1, -0.05) is 6.92 Å². The Morgan fingerprint density at radius 3 is 3.17 bits per heavy atom. The highest BCUT2D eigenvalue weighted by molar-refractivity contribution is 4.86. The first-order valence-electron chi connectivity index (χ1n) is 7.07. The van der Waals surface area contributed by atoms with Gasteiger partial charge in [0.25, 0.3) is 0 Å². The molecule has 1 atom stereocenters. The molecule has 1 N–H and O–H groups in total. The maximum absolute atomic E-state index is 4.39. The predicted molar refractivity (Wildman–Crippen MR) is 72.2 cm³/mol. The molecule has 5 nitrogen and oxygen atoms in total. The number of likely N-dealkylation sites (tertiary alicyclic amines) is 1. The summed E-state index contributed by atoms with van der Waals surface area (Å²) in [6, 6.07) is 0. The maximum Gasteiger partial charge on any atom is 0.141 e. The zero-order valence-corrected chi connectivity index (χ0v) is 11.6. The van der Waals surface area contributed by atoms with Crippen LogP contribution in [-0.2, 0) is 13.1 Å². The second kappa shape index (κ2) is 6.85. The molecule has 102 valence electrons. The van der Waals surface area contributed by atoms with Gasteiger partial charge in [-0.3, -0.25) is 4.90 Å². The summed E-state index contributed by atoms with van der Waals surface area (Å²) in [5, 5.41) is 7.58. The van der Waals surface area contributed by atoms with Crippen LogP contribution in [0, 0.1) is 5.92 Å². The third-order valence-electron chi connectivity index (χ3n) is 3.59. The van der Waals surface area contributed by atoms with E-state index in [0.29, 0.717) is 0 Å². The summed E-state index contributed by atoms with van der Waals surface area (Å²) in [5.74, 6) is 1.90. The van der Waals surface area contributed by atoms with Gasteiger partial charge in [0, 0.05) is 13.1 Å². The largest absolute Gasteiger partial charge is 0.319 e. The van der Waals surface area contributed by atoms with Crippen molar-refractivity contribution in [3.63, 3.8) is 0 Å². The number of nitrogens with one attached hydrogen (secondary N) is 1. The number of aryl methyl sites for hydroxylation is 1. The van der Waals surface area contributed by atoms with Gasteiger partial charge >= 0.3 is 0 Å². The fraction of sp³-hybridized carbons (Fsp3) is 0.846. The predicted octanol–water partition coefficient (Wildman–Crippen LogP) is 1.12. The van der Waals surface area contributed by atoms with Gasteiger partial charge in [-0.05, 0) is 45.3 Å². The molecule has 5 heteroatoms. The Hall–Kier alpha value is -0.940. The lowest BCUT2D eigenvalue weighted by Crippen LogP contribution is -2.39. The van der Waals surface area contributed by atoms with Crippen LogP contribution < -0.4 is 5.32 Å². The van der Waals surface area contributed by atoms with E-state index in [1.807, 2.05) is 11.7 Å². The number of piperidine rings is 1. The van der Waals surface area contributed by atoms with E-state index in [2.05, 4.69) is 27.2 Å². The molecule has 0 saturated carbocycles. The smallest absolute Gasteiger partial charge is 0.141 e. The van der Waals surface area contributed by atoms with Crippen LogP contribution in [0.5, 0.6) is 0 Å². The van der Waals surface area contributed by atoms with Crippen molar-refractivity contribution >= 4 is 0 Å². The van der Waals surface area contributed by atoms with Crippen LogP contribution >= 0.6 is 0 Å². The standard InChI is InChI=1S/C13H25N5/c1-3-6-18-13(15-11-16-18)10-17-7-4-5-12(9-17)8-14-2/h11-12,14H,3-10H2,1-2H3. The van der Waals surface area contributed by atoms with Gasteiger partial charge in [0.2, 0.25) is 0 Å². The van der Waals surface area contributed by atoms with Gasteiger partial charge in [-0.25, -0.2) is 9.67 Å². The molecule has 1 aliphatic rings. The molecule has 0 amide bonds. The van der Waals surface area contributed by atoms with E-state index in [9.17, 15) is 0 Å². The zero-order chi connectivity index (χ0) is 12.8. The quantitative estimate of drug-likeness (QED) is 0.823. The topological polar surface area (TPSA) is 46.0 Å². The van der Waals surface area contributed by atoms with E-state index >= 15 is 0 Å². The average molecular weight is 251 g/mol. The molecule has 1 aliphatic heterocycles. The van der Waals surface area contributed by atoms with Gasteiger partial charge in [0.05, 0.1) is 6.54 Å². The highest BCUT2D eigenvalue weighted by Gasteiger charge is 2.20. The number of hydrogen-bond acceptors (Lipinski definition) is 4. The van der Waals surface area contributed by atoms with Crippen molar-refractivity contribution in [3.8, 4) is 0 Å². The summed E-state index contributed by atoms with van der Waals surface area (Å²) < 4.78 is 2.04. The Labute approximate surface area is 110 Å². The fourth-order valence-corrected chi connectivity index (χ4v) is 2.76. The van der Waals surface area contributed by atoms with E-state index in [1.54, 1.807) is 6.33 Å². The van der Waals surface area contributed by atoms with Crippen molar-refractivity contribution in [1.82, 2.24) is 25.0 Å². The Morgan fingerprint density at radius 2 is 2.39 bits per heavy atom. The van der Waals surface area contributed by atoms with Crippen LogP contribution in [0.4, 0.5) is 0 Å². The first-order valence-corrected chi connectivity index (χ1v) is 7.07. The van der Waals surface area contributed by atoms with Crippen molar-refractivity contribution in [2.45, 2.75) is 39.3 Å². The molecule has 2 heterocycles. The number of hydrogen-bond donors (Lipinski definition) is 1. The number of nitrogens with zero attached hydrogens (tertiary/aromatic N) is 4. The van der Waals surface area contributed by atoms with Crippen LogP contribution in [-0.4, -0.2) is 46.3 Å². The molecule has 1 fully saturated rings. The molecule has 1 saturated heterocycles.